The number of hydrogen-bond acceptors (Lipinski definition) is 7. The van der Waals surface area contributed by atoms with E-state index in [1.165, 1.54) is 28.4 Å². The van der Waals surface area contributed by atoms with Crippen LogP contribution in [0.3, 0.4) is 0 Å². The Kier molecular flexibility index (Phi) is 6.83. The third kappa shape index (κ3) is 5.04. The molecule has 1 aromatic carbocycles. The van der Waals surface area contributed by atoms with E-state index in [1.807, 2.05) is 26.8 Å². The minimum atomic E-state index is -0.424. The number of aryl methyl sites for hydroxylation is 1. The number of methoxy groups -OCH3 is 1. The number of benzene rings is 1. The Morgan fingerprint density at radius 1 is 1.33 bits per heavy atom. The lowest BCUT2D eigenvalue weighted by atomic mass is 10.2. The molecule has 1 N–H and O–H groups in total. The first-order chi connectivity index (χ1) is 14.4. The summed E-state index contributed by atoms with van der Waals surface area (Å²) in [6.45, 7) is 5.73. The van der Waals surface area contributed by atoms with Gasteiger partial charge in [-0.25, -0.2) is 10.4 Å². The molecule has 0 bridgehead atoms. The van der Waals surface area contributed by atoms with Gasteiger partial charge in [0.05, 0.1) is 31.1 Å². The third-order valence-corrected chi connectivity index (χ3v) is 5.37. The van der Waals surface area contributed by atoms with Crippen molar-refractivity contribution in [1.82, 2.24) is 15.0 Å². The van der Waals surface area contributed by atoms with Crippen LogP contribution in [0.1, 0.15) is 31.2 Å². The molecule has 0 saturated carbocycles. The maximum atomic E-state index is 12.6. The fourth-order valence-corrected chi connectivity index (χ4v) is 3.71. The highest BCUT2D eigenvalue weighted by Crippen LogP contribution is 2.28. The molecule has 3 rings (SSSR count). The van der Waals surface area contributed by atoms with E-state index in [-0.39, 0.29) is 18.2 Å². The number of rotatable bonds is 8. The van der Waals surface area contributed by atoms with Crippen molar-refractivity contribution < 1.29 is 14.3 Å². The van der Waals surface area contributed by atoms with Crippen LogP contribution >= 0.6 is 11.3 Å². The average Bonchev–Trinajstić information content (AvgIpc) is 3.15. The molecule has 0 saturated heterocycles. The largest absolute Gasteiger partial charge is 0.493 e. The molecule has 2 heterocycles. The Hall–Kier alpha value is -3.20. The molecule has 0 aliphatic heterocycles. The van der Waals surface area contributed by atoms with Crippen LogP contribution in [0.5, 0.6) is 11.5 Å². The average molecular weight is 429 g/mol. The van der Waals surface area contributed by atoms with Crippen LogP contribution in [0.4, 0.5) is 0 Å². The topological polar surface area (TPSA) is 94.8 Å². The van der Waals surface area contributed by atoms with Gasteiger partial charge in [0.1, 0.15) is 11.4 Å². The van der Waals surface area contributed by atoms with E-state index in [0.29, 0.717) is 21.7 Å². The van der Waals surface area contributed by atoms with Crippen molar-refractivity contribution in [1.29, 1.82) is 0 Å². The molecule has 0 radical (unpaired) electrons. The zero-order chi connectivity index (χ0) is 21.7. The van der Waals surface area contributed by atoms with Crippen LogP contribution < -0.4 is 20.5 Å². The zero-order valence-corrected chi connectivity index (χ0v) is 18.2. The standard InChI is InChI=1S/C21H24N4O4S/c1-5-15-9-16-20(30-15)22-12-25(21(16)27)11-19(26)24-23-10-14-6-7-17(29-13(2)3)18(8-14)28-4/h6-10,12-13H,5,11H2,1-4H3,(H,24,26)/b23-10+. The highest BCUT2D eigenvalue weighted by Gasteiger charge is 2.11. The Morgan fingerprint density at radius 3 is 2.83 bits per heavy atom. The zero-order valence-electron chi connectivity index (χ0n) is 17.3. The molecule has 30 heavy (non-hydrogen) atoms. The van der Waals surface area contributed by atoms with Crippen LogP contribution in [0.15, 0.2) is 40.5 Å². The van der Waals surface area contributed by atoms with Crippen molar-refractivity contribution in [3.05, 3.63) is 51.4 Å². The van der Waals surface area contributed by atoms with Gasteiger partial charge in [0, 0.05) is 4.88 Å². The summed E-state index contributed by atoms with van der Waals surface area (Å²) >= 11 is 1.49. The molecule has 3 aromatic rings. The molecule has 0 aliphatic rings. The fourth-order valence-electron chi connectivity index (χ4n) is 2.78. The Labute approximate surface area is 178 Å². The summed E-state index contributed by atoms with van der Waals surface area (Å²) in [6.07, 6.45) is 3.75. The Morgan fingerprint density at radius 2 is 2.13 bits per heavy atom. The molecule has 0 atom stereocenters. The van der Waals surface area contributed by atoms with E-state index in [2.05, 4.69) is 15.5 Å². The third-order valence-electron chi connectivity index (χ3n) is 4.18. The molecular weight excluding hydrogens is 404 g/mol. The van der Waals surface area contributed by atoms with Gasteiger partial charge >= 0.3 is 0 Å². The predicted molar refractivity (Wildman–Crippen MR) is 118 cm³/mol. The molecule has 1 amide bonds. The summed E-state index contributed by atoms with van der Waals surface area (Å²) in [5.74, 6) is 0.787. The second kappa shape index (κ2) is 9.53. The number of aromatic nitrogens is 2. The van der Waals surface area contributed by atoms with E-state index < -0.39 is 5.91 Å². The predicted octanol–water partition coefficient (Wildman–Crippen LogP) is 2.97. The number of fused-ring (bicyclic) bond motifs is 1. The lowest BCUT2D eigenvalue weighted by molar-refractivity contribution is -0.121. The SMILES string of the molecule is CCc1cc2c(=O)n(CC(=O)N/N=C/c3ccc(OC(C)C)c(OC)c3)cnc2s1. The fraction of sp³-hybridized carbons (Fsp3) is 0.333. The van der Waals surface area contributed by atoms with Crippen LogP contribution in [-0.4, -0.2) is 34.9 Å². The van der Waals surface area contributed by atoms with E-state index in [9.17, 15) is 9.59 Å². The second-order valence-corrected chi connectivity index (χ2v) is 7.95. The van der Waals surface area contributed by atoms with Gasteiger partial charge in [-0.3, -0.25) is 14.2 Å². The van der Waals surface area contributed by atoms with Crippen LogP contribution in [-0.2, 0) is 17.8 Å². The number of nitrogens with one attached hydrogen (secondary N) is 1. The molecule has 0 fully saturated rings. The number of nitrogens with zero attached hydrogens (tertiary/aromatic N) is 3. The number of carbonyl (C=O) groups excluding carboxylic acids is 1. The van der Waals surface area contributed by atoms with Crippen LogP contribution in [0.25, 0.3) is 10.2 Å². The van der Waals surface area contributed by atoms with Crippen molar-refractivity contribution in [2.75, 3.05) is 7.11 Å². The first kappa shape index (κ1) is 21.5. The van der Waals surface area contributed by atoms with E-state index in [4.69, 9.17) is 9.47 Å². The lowest BCUT2D eigenvalue weighted by Crippen LogP contribution is -2.29. The van der Waals surface area contributed by atoms with Crippen molar-refractivity contribution in [2.45, 2.75) is 39.8 Å². The number of amides is 1. The van der Waals surface area contributed by atoms with Gasteiger partial charge in [-0.05, 0) is 50.1 Å². The summed E-state index contributed by atoms with van der Waals surface area (Å²) < 4.78 is 12.3. The summed E-state index contributed by atoms with van der Waals surface area (Å²) in [7, 11) is 1.56. The van der Waals surface area contributed by atoms with Gasteiger partial charge in [-0.15, -0.1) is 11.3 Å². The van der Waals surface area contributed by atoms with Gasteiger partial charge in [0.2, 0.25) is 0 Å². The van der Waals surface area contributed by atoms with E-state index in [1.54, 1.807) is 25.3 Å². The molecule has 2 aromatic heterocycles. The van der Waals surface area contributed by atoms with Crippen LogP contribution in [0.2, 0.25) is 0 Å². The highest BCUT2D eigenvalue weighted by atomic mass is 32.1. The number of ether oxygens (including phenoxy) is 2. The van der Waals surface area contributed by atoms with Gasteiger partial charge in [-0.2, -0.15) is 5.10 Å². The second-order valence-electron chi connectivity index (χ2n) is 6.83. The maximum absolute atomic E-state index is 12.6. The van der Waals surface area contributed by atoms with Gasteiger partial charge in [0.25, 0.3) is 11.5 Å². The normalized spacial score (nSPS) is 11.4. The molecule has 8 nitrogen and oxygen atoms in total. The van der Waals surface area contributed by atoms with Crippen molar-refractivity contribution in [3.63, 3.8) is 0 Å². The number of hydrogen-bond donors (Lipinski definition) is 1. The molecular formula is C21H24N4O4S. The monoisotopic (exact) mass is 428 g/mol. The van der Waals surface area contributed by atoms with Gasteiger partial charge < -0.3 is 9.47 Å². The van der Waals surface area contributed by atoms with E-state index >= 15 is 0 Å². The molecule has 158 valence electrons. The minimum Gasteiger partial charge on any atom is -0.493 e. The molecule has 0 aliphatic carbocycles. The summed E-state index contributed by atoms with van der Waals surface area (Å²) in [5, 5.41) is 4.49. The Bertz CT molecular complexity index is 1130. The van der Waals surface area contributed by atoms with Crippen molar-refractivity contribution >= 4 is 33.7 Å². The first-order valence-electron chi connectivity index (χ1n) is 9.55. The van der Waals surface area contributed by atoms with Crippen molar-refractivity contribution in [3.8, 4) is 11.5 Å². The number of hydrazone groups is 1. The number of carbonyl (C=O) groups is 1. The smallest absolute Gasteiger partial charge is 0.262 e. The Balaban J connectivity index is 1.66. The van der Waals surface area contributed by atoms with E-state index in [0.717, 1.165) is 16.9 Å². The van der Waals surface area contributed by atoms with Crippen molar-refractivity contribution in [2.24, 2.45) is 5.10 Å². The maximum Gasteiger partial charge on any atom is 0.262 e. The number of thiophene rings is 1. The summed E-state index contributed by atoms with van der Waals surface area (Å²) in [4.78, 5) is 30.8. The molecule has 0 spiro atoms. The summed E-state index contributed by atoms with van der Waals surface area (Å²) in [5.41, 5.74) is 2.92. The highest BCUT2D eigenvalue weighted by molar-refractivity contribution is 7.18. The quantitative estimate of drug-likeness (QED) is 0.440. The molecule has 9 heteroatoms. The van der Waals surface area contributed by atoms with Gasteiger partial charge in [0.15, 0.2) is 11.5 Å². The van der Waals surface area contributed by atoms with Gasteiger partial charge in [-0.1, -0.05) is 6.92 Å². The van der Waals surface area contributed by atoms with Crippen LogP contribution in [0, 0.1) is 0 Å². The first-order valence-corrected chi connectivity index (χ1v) is 10.4. The minimum absolute atomic E-state index is 0.0254. The lowest BCUT2D eigenvalue weighted by Gasteiger charge is -2.13. The summed E-state index contributed by atoms with van der Waals surface area (Å²) in [6, 6.07) is 7.19. The molecule has 0 unspecified atom stereocenters.